The SMILES string of the molecule is [2H]c1c([2H])c(N(c2c([2H])c([2H])c(-c3c([2H])c([2H])c4c([2H])c([2H])c([2H])c([2H])c4c3[2H])c([2H])c2[2H])c2cccc3oc4c5ccccc5ccc4c23)c([2H])c([2H])c1-c1cccc(-c2cccc3ccccc23)c1. The number of hydrogen-bond donors (Lipinski definition) is 0. The van der Waals surface area contributed by atoms with Crippen molar-refractivity contribution in [1.29, 1.82) is 0 Å². The van der Waals surface area contributed by atoms with Crippen LogP contribution in [-0.4, -0.2) is 0 Å². The number of benzene rings is 10. The summed E-state index contributed by atoms with van der Waals surface area (Å²) in [5, 5.41) is 3.72. The molecule has 0 aliphatic heterocycles. The lowest BCUT2D eigenvalue weighted by molar-refractivity contribution is 0.672. The minimum atomic E-state index is -0.806. The first kappa shape index (κ1) is 20.3. The Morgan fingerprint density at radius 1 is 0.411 bits per heavy atom. The van der Waals surface area contributed by atoms with Crippen molar-refractivity contribution in [2.45, 2.75) is 0 Å². The number of hydrogen-bond acceptors (Lipinski definition) is 2. The maximum atomic E-state index is 9.77. The van der Waals surface area contributed by atoms with Crippen molar-refractivity contribution in [2.24, 2.45) is 0 Å². The molecule has 0 aliphatic rings. The third kappa shape index (κ3) is 5.42. The molecule has 0 unspecified atom stereocenters. The number of fused-ring (bicyclic) bond motifs is 7. The highest BCUT2D eigenvalue weighted by Crippen LogP contribution is 2.45. The molecular formula is C54H35NO. The van der Waals surface area contributed by atoms with Crippen LogP contribution >= 0.6 is 0 Å². The average Bonchev–Trinajstić information content (AvgIpc) is 3.77. The van der Waals surface area contributed by atoms with Gasteiger partial charge in [-0.05, 0) is 115 Å². The fraction of sp³-hybridized carbons (Fsp3) is 0. The van der Waals surface area contributed by atoms with E-state index in [0.717, 1.165) is 32.7 Å². The van der Waals surface area contributed by atoms with Crippen molar-refractivity contribution in [3.05, 3.63) is 212 Å². The zero-order valence-corrected chi connectivity index (χ0v) is 29.4. The van der Waals surface area contributed by atoms with Crippen LogP contribution in [0.5, 0.6) is 0 Å². The molecule has 1 heterocycles. The smallest absolute Gasteiger partial charge is 0.143 e. The molecule has 262 valence electrons. The lowest BCUT2D eigenvalue weighted by atomic mass is 9.95. The van der Waals surface area contributed by atoms with Crippen LogP contribution in [0.25, 0.3) is 87.6 Å². The van der Waals surface area contributed by atoms with Crippen molar-refractivity contribution in [3.63, 3.8) is 0 Å². The molecule has 1 aromatic heterocycles. The van der Waals surface area contributed by atoms with Gasteiger partial charge in [0.2, 0.25) is 0 Å². The van der Waals surface area contributed by atoms with E-state index in [4.69, 9.17) is 12.6 Å². The number of anilines is 3. The van der Waals surface area contributed by atoms with Gasteiger partial charge in [-0.25, -0.2) is 0 Å². The van der Waals surface area contributed by atoms with Gasteiger partial charge in [-0.3, -0.25) is 0 Å². The summed E-state index contributed by atoms with van der Waals surface area (Å²) in [4.78, 5) is 1.17. The molecule has 0 saturated carbocycles. The molecule has 10 aromatic carbocycles. The molecule has 0 radical (unpaired) electrons. The third-order valence-electron chi connectivity index (χ3n) is 10.0. The zero-order valence-electron chi connectivity index (χ0n) is 44.4. The van der Waals surface area contributed by atoms with E-state index in [2.05, 4.69) is 0 Å². The molecule has 0 bridgehead atoms. The molecule has 0 aliphatic carbocycles. The van der Waals surface area contributed by atoms with Crippen LogP contribution < -0.4 is 4.90 Å². The van der Waals surface area contributed by atoms with Crippen molar-refractivity contribution < 1.29 is 25.0 Å². The van der Waals surface area contributed by atoms with E-state index in [9.17, 15) is 12.3 Å². The molecule has 2 heteroatoms. The van der Waals surface area contributed by atoms with Gasteiger partial charge in [-0.15, -0.1) is 0 Å². The normalized spacial score (nSPS) is 15.3. The highest BCUT2D eigenvalue weighted by molar-refractivity contribution is 6.19. The van der Waals surface area contributed by atoms with Gasteiger partial charge in [-0.2, -0.15) is 0 Å². The lowest BCUT2D eigenvalue weighted by Crippen LogP contribution is -2.10. The number of rotatable bonds is 6. The van der Waals surface area contributed by atoms with Gasteiger partial charge >= 0.3 is 0 Å². The van der Waals surface area contributed by atoms with E-state index in [1.165, 1.54) is 4.90 Å². The molecule has 56 heavy (non-hydrogen) atoms. The molecule has 2 nitrogen and oxygen atoms in total. The van der Waals surface area contributed by atoms with Crippen LogP contribution in [0.3, 0.4) is 0 Å². The summed E-state index contributed by atoms with van der Waals surface area (Å²) in [6, 6.07) is 27.0. The summed E-state index contributed by atoms with van der Waals surface area (Å²) < 4.78 is 144. The van der Waals surface area contributed by atoms with Crippen LogP contribution in [0.15, 0.2) is 216 Å². The van der Waals surface area contributed by atoms with Gasteiger partial charge in [0, 0.05) is 22.1 Å². The fourth-order valence-corrected chi connectivity index (χ4v) is 7.40. The molecule has 0 saturated heterocycles. The van der Waals surface area contributed by atoms with Crippen LogP contribution in [0.4, 0.5) is 17.1 Å². The molecule has 0 fully saturated rings. The van der Waals surface area contributed by atoms with Gasteiger partial charge in [0.1, 0.15) is 11.2 Å². The first-order chi connectivity index (χ1) is 34.0. The molecule has 0 spiro atoms. The first-order valence-corrected chi connectivity index (χ1v) is 18.0. The molecule has 0 N–H and O–H groups in total. The van der Waals surface area contributed by atoms with E-state index in [0.29, 0.717) is 27.5 Å². The minimum Gasteiger partial charge on any atom is -0.455 e. The van der Waals surface area contributed by atoms with Crippen molar-refractivity contribution >= 4 is 71.3 Å². The highest BCUT2D eigenvalue weighted by atomic mass is 16.3. The topological polar surface area (TPSA) is 16.4 Å². The number of furan rings is 1. The number of nitrogens with zero attached hydrogens (tertiary/aromatic N) is 1. The van der Waals surface area contributed by atoms with Gasteiger partial charge < -0.3 is 9.32 Å². The van der Waals surface area contributed by atoms with E-state index in [1.54, 1.807) is 36.4 Å². The Balaban J connectivity index is 1.20. The van der Waals surface area contributed by atoms with E-state index < -0.39 is 124 Å². The van der Waals surface area contributed by atoms with Gasteiger partial charge in [0.05, 0.1) is 31.6 Å². The Hall–Kier alpha value is -7.42. The summed E-state index contributed by atoms with van der Waals surface area (Å²) in [6.45, 7) is 0. The second-order valence-electron chi connectivity index (χ2n) is 13.3. The van der Waals surface area contributed by atoms with Gasteiger partial charge in [-0.1, -0.05) is 157 Å². The van der Waals surface area contributed by atoms with Crippen molar-refractivity contribution in [2.75, 3.05) is 4.90 Å². The van der Waals surface area contributed by atoms with Crippen LogP contribution in [-0.2, 0) is 0 Å². The van der Waals surface area contributed by atoms with Crippen molar-refractivity contribution in [3.8, 4) is 33.4 Å². The first-order valence-electron chi connectivity index (χ1n) is 25.5. The predicted molar refractivity (Wildman–Crippen MR) is 237 cm³/mol. The quantitative estimate of drug-likeness (QED) is 0.169. The second-order valence-corrected chi connectivity index (χ2v) is 13.3. The molecule has 11 aromatic rings. The van der Waals surface area contributed by atoms with E-state index in [-0.39, 0.29) is 11.3 Å². The zero-order chi connectivity index (χ0) is 50.1. The van der Waals surface area contributed by atoms with E-state index in [1.807, 2.05) is 84.9 Å². The summed E-state index contributed by atoms with van der Waals surface area (Å²) in [5.41, 5.74) is 0.861. The second kappa shape index (κ2) is 13.2. The average molecular weight is 729 g/mol. The molecular weight excluding hydrogens is 679 g/mol. The Bertz CT molecular complexity index is 4090. The molecule has 11 rings (SSSR count). The maximum absolute atomic E-state index is 9.77. The Morgan fingerprint density at radius 2 is 1.04 bits per heavy atom. The standard InChI is InChI=1S/C54H35NO/c1-2-13-41-34-43(23-22-36(41)10-1)38-26-31-46(32-27-38)55(51-20-9-21-52-53(51)50-33-28-40-12-4-6-18-49(40)54(50)56-52)45-29-24-37(25-30-45)42-15-7-16-44(35-42)48-19-8-14-39-11-3-5-17-47(39)48/h1-35H/i1D,2D,10D,13D,22D,23D,24D,25D,26D,27D,29D,30D,31D,32D,34D. The molecule has 0 atom stereocenters. The van der Waals surface area contributed by atoms with E-state index >= 15 is 0 Å². The fourth-order valence-electron chi connectivity index (χ4n) is 7.40. The lowest BCUT2D eigenvalue weighted by Gasteiger charge is -2.26. The van der Waals surface area contributed by atoms with Crippen molar-refractivity contribution in [1.82, 2.24) is 0 Å². The predicted octanol–water partition coefficient (Wildman–Crippen LogP) is 15.5. The minimum absolute atomic E-state index is 0.0226. The summed E-state index contributed by atoms with van der Waals surface area (Å²) >= 11 is 0. The largest absolute Gasteiger partial charge is 0.455 e. The summed E-state index contributed by atoms with van der Waals surface area (Å²) in [7, 11) is 0. The third-order valence-corrected chi connectivity index (χ3v) is 10.0. The van der Waals surface area contributed by atoms with Crippen LogP contribution in [0.1, 0.15) is 20.6 Å². The highest BCUT2D eigenvalue weighted by Gasteiger charge is 2.21. The van der Waals surface area contributed by atoms with Crippen LogP contribution in [0, 0.1) is 0 Å². The monoisotopic (exact) mass is 728 g/mol. The van der Waals surface area contributed by atoms with Crippen LogP contribution in [0.2, 0.25) is 0 Å². The summed E-state index contributed by atoms with van der Waals surface area (Å²) in [6.07, 6.45) is 0. The Kier molecular flexibility index (Phi) is 4.77. The Morgan fingerprint density at radius 3 is 1.84 bits per heavy atom. The summed E-state index contributed by atoms with van der Waals surface area (Å²) in [5.74, 6) is 0. The maximum Gasteiger partial charge on any atom is 0.143 e. The Labute approximate surface area is 346 Å². The van der Waals surface area contributed by atoms with Gasteiger partial charge in [0.25, 0.3) is 0 Å². The molecule has 0 amide bonds. The van der Waals surface area contributed by atoms with Gasteiger partial charge in [0.15, 0.2) is 0 Å².